The van der Waals surface area contributed by atoms with E-state index in [1.807, 2.05) is 6.92 Å². The van der Waals surface area contributed by atoms with Crippen molar-refractivity contribution in [2.24, 2.45) is 11.3 Å². The van der Waals surface area contributed by atoms with Gasteiger partial charge in [0.15, 0.2) is 5.15 Å². The Labute approximate surface area is 128 Å². The number of hydrogen-bond acceptors (Lipinski definition) is 5. The molecule has 0 spiro atoms. The third-order valence-electron chi connectivity index (χ3n) is 3.94. The number of amides is 1. The largest absolute Gasteiger partial charge is 0.469 e. The van der Waals surface area contributed by atoms with Crippen molar-refractivity contribution in [1.82, 2.24) is 15.3 Å². The van der Waals surface area contributed by atoms with Crippen LogP contribution in [0.1, 0.15) is 31.9 Å². The fourth-order valence-electron chi connectivity index (χ4n) is 2.68. The van der Waals surface area contributed by atoms with Gasteiger partial charge in [-0.1, -0.05) is 11.6 Å². The average molecular weight is 312 g/mol. The molecule has 1 N–H and O–H groups in total. The molecule has 0 unspecified atom stereocenters. The molecule has 1 amide bonds. The summed E-state index contributed by atoms with van der Waals surface area (Å²) in [4.78, 5) is 31.9. The van der Waals surface area contributed by atoms with Crippen LogP contribution in [-0.2, 0) is 20.9 Å². The first-order valence-electron chi connectivity index (χ1n) is 6.78. The molecule has 2 atom stereocenters. The highest BCUT2D eigenvalue weighted by Gasteiger charge is 2.44. The zero-order chi connectivity index (χ0) is 15.5. The Bertz CT molecular complexity index is 552. The second-order valence-electron chi connectivity index (χ2n) is 5.50. The molecule has 114 valence electrons. The number of rotatable bonds is 4. The predicted molar refractivity (Wildman–Crippen MR) is 76.4 cm³/mol. The lowest BCUT2D eigenvalue weighted by molar-refractivity contribution is -0.151. The molecule has 21 heavy (non-hydrogen) atoms. The lowest BCUT2D eigenvalue weighted by Gasteiger charge is -2.20. The molecule has 6 nitrogen and oxygen atoms in total. The van der Waals surface area contributed by atoms with E-state index in [-0.39, 0.29) is 29.5 Å². The molecule has 1 aliphatic carbocycles. The fraction of sp³-hybridized carbons (Fsp3) is 0.571. The molecule has 0 saturated heterocycles. The van der Waals surface area contributed by atoms with Crippen LogP contribution >= 0.6 is 11.6 Å². The topological polar surface area (TPSA) is 81.2 Å². The van der Waals surface area contributed by atoms with Crippen LogP contribution in [0.15, 0.2) is 12.4 Å². The second kappa shape index (κ2) is 6.39. The summed E-state index contributed by atoms with van der Waals surface area (Å²) in [6.07, 6.45) is 4.85. The maximum absolute atomic E-state index is 12.2. The van der Waals surface area contributed by atoms with E-state index in [4.69, 9.17) is 16.3 Å². The highest BCUT2D eigenvalue weighted by molar-refractivity contribution is 6.29. The molecule has 7 heteroatoms. The minimum Gasteiger partial charge on any atom is -0.469 e. The average Bonchev–Trinajstić information content (AvgIpc) is 2.89. The lowest BCUT2D eigenvalue weighted by Crippen LogP contribution is -2.32. The van der Waals surface area contributed by atoms with Crippen molar-refractivity contribution >= 4 is 23.5 Å². The number of esters is 1. The summed E-state index contributed by atoms with van der Waals surface area (Å²) in [5, 5.41) is 3.08. The molecule has 1 aliphatic rings. The monoisotopic (exact) mass is 311 g/mol. The summed E-state index contributed by atoms with van der Waals surface area (Å²) in [6.45, 7) is 2.07. The van der Waals surface area contributed by atoms with Gasteiger partial charge in [0.25, 0.3) is 0 Å². The summed E-state index contributed by atoms with van der Waals surface area (Å²) in [6, 6.07) is 0. The van der Waals surface area contributed by atoms with Crippen molar-refractivity contribution in [3.63, 3.8) is 0 Å². The molecule has 1 heterocycles. The first kappa shape index (κ1) is 15.7. The number of halogens is 1. The second-order valence-corrected chi connectivity index (χ2v) is 5.86. The van der Waals surface area contributed by atoms with E-state index in [0.29, 0.717) is 25.0 Å². The molecule has 0 aliphatic heterocycles. The number of nitrogens with zero attached hydrogens (tertiary/aromatic N) is 2. The van der Waals surface area contributed by atoms with Gasteiger partial charge in [-0.3, -0.25) is 14.6 Å². The number of methoxy groups -OCH3 is 1. The Hall–Kier alpha value is -1.69. The van der Waals surface area contributed by atoms with Crippen molar-refractivity contribution in [1.29, 1.82) is 0 Å². The Morgan fingerprint density at radius 2 is 2.19 bits per heavy atom. The Kier molecular flexibility index (Phi) is 4.77. The van der Waals surface area contributed by atoms with Gasteiger partial charge in [-0.05, 0) is 26.2 Å². The Morgan fingerprint density at radius 3 is 2.86 bits per heavy atom. The molecule has 1 aromatic heterocycles. The number of nitrogens with one attached hydrogen (secondary N) is 1. The molecule has 0 bridgehead atoms. The smallest absolute Gasteiger partial charge is 0.311 e. The quantitative estimate of drug-likeness (QED) is 0.856. The maximum Gasteiger partial charge on any atom is 0.311 e. The van der Waals surface area contributed by atoms with E-state index in [9.17, 15) is 9.59 Å². The summed E-state index contributed by atoms with van der Waals surface area (Å²) in [7, 11) is 1.37. The van der Waals surface area contributed by atoms with Crippen LogP contribution in [0.25, 0.3) is 0 Å². The number of hydrogen-bond donors (Lipinski definition) is 1. The zero-order valence-electron chi connectivity index (χ0n) is 12.1. The summed E-state index contributed by atoms with van der Waals surface area (Å²) >= 11 is 5.89. The van der Waals surface area contributed by atoms with Crippen LogP contribution in [0.4, 0.5) is 0 Å². The minimum absolute atomic E-state index is 0.0932. The highest BCUT2D eigenvalue weighted by atomic mass is 35.5. The van der Waals surface area contributed by atoms with E-state index < -0.39 is 5.41 Å². The molecule has 1 aromatic rings. The van der Waals surface area contributed by atoms with Crippen LogP contribution in [0.2, 0.25) is 5.15 Å². The maximum atomic E-state index is 12.2. The standard InChI is InChI=1S/C14H18ClN3O3/c1-14(13(20)21-2)4-3-9(7-14)12(19)18-8-10-11(15)17-6-5-16-10/h5-6,9H,3-4,7-8H2,1-2H3,(H,18,19)/t9-,14+/m1/s1. The van der Waals surface area contributed by atoms with E-state index in [2.05, 4.69) is 15.3 Å². The van der Waals surface area contributed by atoms with Crippen molar-refractivity contribution in [3.05, 3.63) is 23.2 Å². The summed E-state index contributed by atoms with van der Waals surface area (Å²) in [5.41, 5.74) is -0.0396. The van der Waals surface area contributed by atoms with Gasteiger partial charge in [0, 0.05) is 18.3 Å². The normalized spacial score (nSPS) is 24.6. The molecule has 0 radical (unpaired) electrons. The van der Waals surface area contributed by atoms with Crippen LogP contribution in [0.3, 0.4) is 0 Å². The number of carbonyl (C=O) groups is 2. The van der Waals surface area contributed by atoms with E-state index in [0.717, 1.165) is 0 Å². The molecule has 2 rings (SSSR count). The van der Waals surface area contributed by atoms with Crippen molar-refractivity contribution in [2.75, 3.05) is 7.11 Å². The minimum atomic E-state index is -0.568. The van der Waals surface area contributed by atoms with Crippen LogP contribution < -0.4 is 5.32 Å². The third-order valence-corrected chi connectivity index (χ3v) is 4.26. The van der Waals surface area contributed by atoms with Crippen molar-refractivity contribution < 1.29 is 14.3 Å². The van der Waals surface area contributed by atoms with Crippen molar-refractivity contribution in [3.8, 4) is 0 Å². The van der Waals surface area contributed by atoms with Gasteiger partial charge in [-0.25, -0.2) is 4.98 Å². The van der Waals surface area contributed by atoms with Crippen LogP contribution in [-0.4, -0.2) is 29.0 Å². The molecular formula is C14H18ClN3O3. The van der Waals surface area contributed by atoms with Gasteiger partial charge < -0.3 is 10.1 Å². The molecule has 0 aromatic carbocycles. The Morgan fingerprint density at radius 1 is 1.48 bits per heavy atom. The first-order valence-corrected chi connectivity index (χ1v) is 7.15. The molecular weight excluding hydrogens is 294 g/mol. The fourth-order valence-corrected chi connectivity index (χ4v) is 2.85. The third kappa shape index (κ3) is 3.50. The van der Waals surface area contributed by atoms with Gasteiger partial charge >= 0.3 is 5.97 Å². The summed E-state index contributed by atoms with van der Waals surface area (Å²) < 4.78 is 4.80. The molecule has 1 fully saturated rings. The summed E-state index contributed by atoms with van der Waals surface area (Å²) in [5.74, 6) is -0.538. The lowest BCUT2D eigenvalue weighted by atomic mass is 9.88. The zero-order valence-corrected chi connectivity index (χ0v) is 12.8. The van der Waals surface area contributed by atoms with Gasteiger partial charge in [0.2, 0.25) is 5.91 Å². The Balaban J connectivity index is 1.91. The predicted octanol–water partition coefficient (Wildman–Crippen LogP) is 1.73. The first-order chi connectivity index (χ1) is 9.96. The molecule has 1 saturated carbocycles. The highest BCUT2D eigenvalue weighted by Crippen LogP contribution is 2.42. The van der Waals surface area contributed by atoms with E-state index >= 15 is 0 Å². The van der Waals surface area contributed by atoms with E-state index in [1.165, 1.54) is 19.5 Å². The van der Waals surface area contributed by atoms with Gasteiger partial charge in [0.1, 0.15) is 0 Å². The van der Waals surface area contributed by atoms with Crippen molar-refractivity contribution in [2.45, 2.75) is 32.7 Å². The van der Waals surface area contributed by atoms with Crippen LogP contribution in [0.5, 0.6) is 0 Å². The SMILES string of the molecule is COC(=O)[C@@]1(C)CC[C@@H](C(=O)NCc2nccnc2Cl)C1. The number of ether oxygens (including phenoxy) is 1. The van der Waals surface area contributed by atoms with Gasteiger partial charge in [0.05, 0.1) is 24.8 Å². The van der Waals surface area contributed by atoms with Gasteiger partial charge in [-0.15, -0.1) is 0 Å². The van der Waals surface area contributed by atoms with Crippen LogP contribution in [0, 0.1) is 11.3 Å². The van der Waals surface area contributed by atoms with E-state index in [1.54, 1.807) is 0 Å². The van der Waals surface area contributed by atoms with Gasteiger partial charge in [-0.2, -0.15) is 0 Å². The number of aromatic nitrogens is 2. The number of carbonyl (C=O) groups excluding carboxylic acids is 2.